The molecule has 0 amide bonds. The standard InChI is InChI=1S/C12H16ClN3O3/c13-10-6-9(16(18)19)7-14-11(10)15-12(8-17)4-2-1-3-5-12/h6-7,17H,1-5,8H2,(H,14,15). The summed E-state index contributed by atoms with van der Waals surface area (Å²) in [4.78, 5) is 14.1. The van der Waals surface area contributed by atoms with Gasteiger partial charge in [-0.05, 0) is 12.8 Å². The molecule has 19 heavy (non-hydrogen) atoms. The molecule has 0 unspecified atom stereocenters. The zero-order valence-corrected chi connectivity index (χ0v) is 11.2. The summed E-state index contributed by atoms with van der Waals surface area (Å²) in [5, 5.41) is 23.6. The van der Waals surface area contributed by atoms with Gasteiger partial charge in [0.2, 0.25) is 0 Å². The third-order valence-electron chi connectivity index (χ3n) is 3.53. The van der Waals surface area contributed by atoms with Gasteiger partial charge >= 0.3 is 0 Å². The number of pyridine rings is 1. The fourth-order valence-corrected chi connectivity index (χ4v) is 2.63. The zero-order chi connectivity index (χ0) is 13.9. The predicted octanol–water partition coefficient (Wildman–Crippen LogP) is 2.75. The lowest BCUT2D eigenvalue weighted by Gasteiger charge is -2.37. The molecule has 2 rings (SSSR count). The Morgan fingerprint density at radius 3 is 2.68 bits per heavy atom. The number of aliphatic hydroxyl groups excluding tert-OH is 1. The van der Waals surface area contributed by atoms with E-state index in [0.29, 0.717) is 5.82 Å². The quantitative estimate of drug-likeness (QED) is 0.656. The number of nitro groups is 1. The lowest BCUT2D eigenvalue weighted by atomic mass is 9.82. The highest BCUT2D eigenvalue weighted by atomic mass is 35.5. The second-order valence-electron chi connectivity index (χ2n) is 4.91. The number of hydrogen-bond acceptors (Lipinski definition) is 5. The van der Waals surface area contributed by atoms with Crippen molar-refractivity contribution in [1.29, 1.82) is 0 Å². The highest BCUT2D eigenvalue weighted by Crippen LogP contribution is 2.33. The van der Waals surface area contributed by atoms with Crippen LogP contribution in [0.1, 0.15) is 32.1 Å². The van der Waals surface area contributed by atoms with Crippen LogP contribution in [0, 0.1) is 10.1 Å². The molecule has 2 N–H and O–H groups in total. The molecule has 1 fully saturated rings. The minimum atomic E-state index is -0.537. The second-order valence-corrected chi connectivity index (χ2v) is 5.31. The molecular formula is C12H16ClN3O3. The molecule has 1 aromatic heterocycles. The Labute approximate surface area is 116 Å². The summed E-state index contributed by atoms with van der Waals surface area (Å²) in [6, 6.07) is 1.27. The van der Waals surface area contributed by atoms with Crippen LogP contribution in [0.15, 0.2) is 12.3 Å². The molecule has 0 aliphatic heterocycles. The summed E-state index contributed by atoms with van der Waals surface area (Å²) in [6.45, 7) is 0.00198. The fraction of sp³-hybridized carbons (Fsp3) is 0.583. The van der Waals surface area contributed by atoms with E-state index in [1.165, 1.54) is 12.3 Å². The van der Waals surface area contributed by atoms with E-state index in [1.54, 1.807) is 0 Å². The Balaban J connectivity index is 2.20. The van der Waals surface area contributed by atoms with Gasteiger partial charge < -0.3 is 10.4 Å². The normalized spacial score (nSPS) is 18.0. The van der Waals surface area contributed by atoms with Crippen molar-refractivity contribution in [3.8, 4) is 0 Å². The number of nitrogens with zero attached hydrogens (tertiary/aromatic N) is 2. The van der Waals surface area contributed by atoms with Crippen molar-refractivity contribution in [2.45, 2.75) is 37.6 Å². The smallest absolute Gasteiger partial charge is 0.289 e. The van der Waals surface area contributed by atoms with Crippen LogP contribution in [-0.4, -0.2) is 27.2 Å². The van der Waals surface area contributed by atoms with Crippen molar-refractivity contribution >= 4 is 23.1 Å². The fourth-order valence-electron chi connectivity index (χ4n) is 2.42. The molecule has 0 atom stereocenters. The Kier molecular flexibility index (Phi) is 4.21. The molecule has 1 heterocycles. The Hall–Kier alpha value is -1.40. The molecular weight excluding hydrogens is 270 g/mol. The van der Waals surface area contributed by atoms with E-state index in [1.807, 2.05) is 0 Å². The summed E-state index contributed by atoms with van der Waals surface area (Å²) >= 11 is 6.00. The number of hydrogen-bond donors (Lipinski definition) is 2. The van der Waals surface area contributed by atoms with Crippen LogP contribution in [0.25, 0.3) is 0 Å². The minimum absolute atomic E-state index is 0.00198. The van der Waals surface area contributed by atoms with Crippen molar-refractivity contribution < 1.29 is 10.0 Å². The van der Waals surface area contributed by atoms with Crippen molar-refractivity contribution in [3.63, 3.8) is 0 Å². The second kappa shape index (κ2) is 5.71. The first-order valence-corrected chi connectivity index (χ1v) is 6.63. The average Bonchev–Trinajstić information content (AvgIpc) is 2.42. The monoisotopic (exact) mass is 285 g/mol. The van der Waals surface area contributed by atoms with E-state index in [-0.39, 0.29) is 17.3 Å². The van der Waals surface area contributed by atoms with Crippen LogP contribution in [0.5, 0.6) is 0 Å². The van der Waals surface area contributed by atoms with E-state index in [2.05, 4.69) is 10.3 Å². The first-order valence-electron chi connectivity index (χ1n) is 6.25. The van der Waals surface area contributed by atoms with E-state index < -0.39 is 10.5 Å². The van der Waals surface area contributed by atoms with Gasteiger partial charge in [0.15, 0.2) is 0 Å². The van der Waals surface area contributed by atoms with Gasteiger partial charge in [0, 0.05) is 6.07 Å². The number of aliphatic hydroxyl groups is 1. The van der Waals surface area contributed by atoms with Crippen molar-refractivity contribution in [2.75, 3.05) is 11.9 Å². The predicted molar refractivity (Wildman–Crippen MR) is 72.4 cm³/mol. The summed E-state index contributed by atoms with van der Waals surface area (Å²) in [7, 11) is 0. The van der Waals surface area contributed by atoms with E-state index in [9.17, 15) is 15.2 Å². The summed E-state index contributed by atoms with van der Waals surface area (Å²) < 4.78 is 0. The SMILES string of the molecule is O=[N+]([O-])c1cnc(NC2(CO)CCCCC2)c(Cl)c1. The number of nitrogens with one attached hydrogen (secondary N) is 1. The van der Waals surface area contributed by atoms with Gasteiger partial charge in [0.05, 0.1) is 22.1 Å². The van der Waals surface area contributed by atoms with Crippen LogP contribution in [-0.2, 0) is 0 Å². The Morgan fingerprint density at radius 1 is 1.47 bits per heavy atom. The maximum atomic E-state index is 10.6. The highest BCUT2D eigenvalue weighted by molar-refractivity contribution is 6.33. The highest BCUT2D eigenvalue weighted by Gasteiger charge is 2.32. The Morgan fingerprint density at radius 2 is 2.16 bits per heavy atom. The number of anilines is 1. The molecule has 6 nitrogen and oxygen atoms in total. The maximum absolute atomic E-state index is 10.6. The molecule has 7 heteroatoms. The summed E-state index contributed by atoms with van der Waals surface area (Å²) in [6.07, 6.45) is 6.10. The van der Waals surface area contributed by atoms with Gasteiger partial charge in [0.1, 0.15) is 12.0 Å². The molecule has 1 aliphatic rings. The van der Waals surface area contributed by atoms with Gasteiger partial charge in [0.25, 0.3) is 5.69 Å². The number of aromatic nitrogens is 1. The largest absolute Gasteiger partial charge is 0.394 e. The molecule has 0 aromatic carbocycles. The molecule has 1 aromatic rings. The van der Waals surface area contributed by atoms with Gasteiger partial charge in [-0.25, -0.2) is 4.98 Å². The van der Waals surface area contributed by atoms with Crippen LogP contribution >= 0.6 is 11.6 Å². The van der Waals surface area contributed by atoms with Crippen molar-refractivity contribution in [2.24, 2.45) is 0 Å². The van der Waals surface area contributed by atoms with Crippen LogP contribution in [0.3, 0.4) is 0 Å². The first-order chi connectivity index (χ1) is 9.06. The molecule has 1 aliphatic carbocycles. The maximum Gasteiger partial charge on any atom is 0.289 e. The third-order valence-corrected chi connectivity index (χ3v) is 3.82. The van der Waals surface area contributed by atoms with Crippen LogP contribution < -0.4 is 5.32 Å². The number of rotatable bonds is 4. The minimum Gasteiger partial charge on any atom is -0.394 e. The Bertz CT molecular complexity index is 475. The van der Waals surface area contributed by atoms with Gasteiger partial charge in [-0.2, -0.15) is 0 Å². The molecule has 1 saturated carbocycles. The summed E-state index contributed by atoms with van der Waals surface area (Å²) in [5.41, 5.74) is -0.553. The van der Waals surface area contributed by atoms with Gasteiger partial charge in [-0.3, -0.25) is 10.1 Å². The van der Waals surface area contributed by atoms with E-state index in [0.717, 1.165) is 32.1 Å². The molecule has 0 radical (unpaired) electrons. The average molecular weight is 286 g/mol. The van der Waals surface area contributed by atoms with Crippen molar-refractivity contribution in [1.82, 2.24) is 4.98 Å². The van der Waals surface area contributed by atoms with Gasteiger partial charge in [-0.15, -0.1) is 0 Å². The first kappa shape index (κ1) is 14.0. The van der Waals surface area contributed by atoms with Crippen molar-refractivity contribution in [3.05, 3.63) is 27.4 Å². The lowest BCUT2D eigenvalue weighted by molar-refractivity contribution is -0.385. The molecule has 0 bridgehead atoms. The zero-order valence-electron chi connectivity index (χ0n) is 10.4. The lowest BCUT2D eigenvalue weighted by Crippen LogP contribution is -2.44. The topological polar surface area (TPSA) is 88.3 Å². The number of halogens is 1. The van der Waals surface area contributed by atoms with E-state index in [4.69, 9.17) is 11.6 Å². The van der Waals surface area contributed by atoms with Crippen LogP contribution in [0.4, 0.5) is 11.5 Å². The van der Waals surface area contributed by atoms with Gasteiger partial charge in [-0.1, -0.05) is 30.9 Å². The third kappa shape index (κ3) is 3.13. The summed E-state index contributed by atoms with van der Waals surface area (Å²) in [5.74, 6) is 0.392. The molecule has 104 valence electrons. The molecule has 0 saturated heterocycles. The molecule has 0 spiro atoms. The van der Waals surface area contributed by atoms with E-state index >= 15 is 0 Å². The van der Waals surface area contributed by atoms with Crippen LogP contribution in [0.2, 0.25) is 5.02 Å².